The molecule has 4 rings (SSSR count). The van der Waals surface area contributed by atoms with Gasteiger partial charge in [0.1, 0.15) is 24.2 Å². The maximum Gasteiger partial charge on any atom is 0.196 e. The summed E-state index contributed by atoms with van der Waals surface area (Å²) >= 11 is 6.16. The molecule has 0 N–H and O–H groups in total. The Morgan fingerprint density at radius 1 is 0.962 bits per heavy atom. The number of fused-ring (bicyclic) bond motifs is 1. The standard InChI is InChI=1S/C22H15ClO3/c23-20-9-5-4-8-16(20)13-25-17-10-11-21-18(12-17)19(14-26-21)22(24)15-6-2-1-3-7-15/h1-12,14H,13H2. The van der Waals surface area contributed by atoms with Gasteiger partial charge in [0.05, 0.1) is 5.56 Å². The van der Waals surface area contributed by atoms with Gasteiger partial charge in [-0.05, 0) is 24.3 Å². The van der Waals surface area contributed by atoms with Crippen molar-refractivity contribution in [3.8, 4) is 5.75 Å². The van der Waals surface area contributed by atoms with Crippen LogP contribution in [0.3, 0.4) is 0 Å². The summed E-state index contributed by atoms with van der Waals surface area (Å²) in [7, 11) is 0. The second-order valence-electron chi connectivity index (χ2n) is 5.88. The molecule has 0 saturated carbocycles. The summed E-state index contributed by atoms with van der Waals surface area (Å²) in [5, 5.41) is 1.40. The van der Waals surface area contributed by atoms with Crippen molar-refractivity contribution in [1.29, 1.82) is 0 Å². The number of halogens is 1. The van der Waals surface area contributed by atoms with Crippen molar-refractivity contribution in [2.75, 3.05) is 0 Å². The fraction of sp³-hybridized carbons (Fsp3) is 0.0455. The van der Waals surface area contributed by atoms with E-state index in [9.17, 15) is 4.79 Å². The van der Waals surface area contributed by atoms with Crippen molar-refractivity contribution in [2.24, 2.45) is 0 Å². The fourth-order valence-electron chi connectivity index (χ4n) is 2.80. The van der Waals surface area contributed by atoms with Crippen LogP contribution in [0.5, 0.6) is 5.75 Å². The molecule has 4 aromatic rings. The first-order valence-electron chi connectivity index (χ1n) is 8.19. The van der Waals surface area contributed by atoms with E-state index in [1.54, 1.807) is 18.2 Å². The second-order valence-corrected chi connectivity index (χ2v) is 6.29. The minimum absolute atomic E-state index is 0.0763. The van der Waals surface area contributed by atoms with E-state index in [4.69, 9.17) is 20.8 Å². The SMILES string of the molecule is O=C(c1ccccc1)c1coc2ccc(OCc3ccccc3Cl)cc12. The van der Waals surface area contributed by atoms with E-state index in [0.717, 1.165) is 10.9 Å². The summed E-state index contributed by atoms with van der Waals surface area (Å²) in [6.07, 6.45) is 1.50. The molecule has 26 heavy (non-hydrogen) atoms. The van der Waals surface area contributed by atoms with Crippen LogP contribution in [-0.2, 0) is 6.61 Å². The van der Waals surface area contributed by atoms with Crippen molar-refractivity contribution in [3.63, 3.8) is 0 Å². The Balaban J connectivity index is 1.62. The van der Waals surface area contributed by atoms with Gasteiger partial charge >= 0.3 is 0 Å². The van der Waals surface area contributed by atoms with E-state index in [1.807, 2.05) is 54.6 Å². The van der Waals surface area contributed by atoms with Crippen LogP contribution in [0.4, 0.5) is 0 Å². The second kappa shape index (κ2) is 7.06. The third-order valence-corrected chi connectivity index (χ3v) is 4.55. The van der Waals surface area contributed by atoms with Gasteiger partial charge in [0, 0.05) is 21.5 Å². The van der Waals surface area contributed by atoms with Crippen LogP contribution in [0.15, 0.2) is 83.5 Å². The smallest absolute Gasteiger partial charge is 0.196 e. The predicted octanol–water partition coefficient (Wildman–Crippen LogP) is 5.90. The predicted molar refractivity (Wildman–Crippen MR) is 102 cm³/mol. The lowest BCUT2D eigenvalue weighted by Crippen LogP contribution is -2.00. The van der Waals surface area contributed by atoms with Gasteiger partial charge in [0.15, 0.2) is 5.78 Å². The average Bonchev–Trinajstić information content (AvgIpc) is 3.11. The van der Waals surface area contributed by atoms with E-state index in [1.165, 1.54) is 6.26 Å². The first kappa shape index (κ1) is 16.4. The minimum atomic E-state index is -0.0763. The zero-order valence-electron chi connectivity index (χ0n) is 13.8. The summed E-state index contributed by atoms with van der Waals surface area (Å²) in [6.45, 7) is 0.352. The van der Waals surface area contributed by atoms with E-state index in [0.29, 0.717) is 34.1 Å². The summed E-state index contributed by atoms with van der Waals surface area (Å²) in [6, 6.07) is 22.1. The molecule has 0 aliphatic heterocycles. The van der Waals surface area contributed by atoms with Crippen molar-refractivity contribution < 1.29 is 13.9 Å². The van der Waals surface area contributed by atoms with Crippen molar-refractivity contribution >= 4 is 28.4 Å². The van der Waals surface area contributed by atoms with Gasteiger partial charge in [-0.3, -0.25) is 4.79 Å². The van der Waals surface area contributed by atoms with Gasteiger partial charge in [-0.15, -0.1) is 0 Å². The molecule has 128 valence electrons. The number of benzene rings is 3. The molecule has 0 fully saturated rings. The summed E-state index contributed by atoms with van der Waals surface area (Å²) in [5.41, 5.74) is 2.70. The summed E-state index contributed by atoms with van der Waals surface area (Å²) in [5.74, 6) is 0.577. The Hall–Kier alpha value is -3.04. The molecule has 0 radical (unpaired) electrons. The van der Waals surface area contributed by atoms with Gasteiger partial charge in [-0.2, -0.15) is 0 Å². The van der Waals surface area contributed by atoms with Gasteiger partial charge < -0.3 is 9.15 Å². The number of rotatable bonds is 5. The molecule has 0 spiro atoms. The van der Waals surface area contributed by atoms with Crippen LogP contribution in [0.1, 0.15) is 21.5 Å². The topological polar surface area (TPSA) is 39.4 Å². The van der Waals surface area contributed by atoms with Crippen LogP contribution in [0.25, 0.3) is 11.0 Å². The van der Waals surface area contributed by atoms with Crippen LogP contribution in [-0.4, -0.2) is 5.78 Å². The zero-order valence-corrected chi connectivity index (χ0v) is 14.6. The number of furan rings is 1. The first-order chi connectivity index (χ1) is 12.7. The molecular formula is C22H15ClO3. The molecule has 0 aliphatic rings. The van der Waals surface area contributed by atoms with Crippen molar-refractivity contribution in [2.45, 2.75) is 6.61 Å². The van der Waals surface area contributed by atoms with Crippen molar-refractivity contribution in [1.82, 2.24) is 0 Å². The first-order valence-corrected chi connectivity index (χ1v) is 8.57. The van der Waals surface area contributed by atoms with Crippen LogP contribution in [0.2, 0.25) is 5.02 Å². The van der Waals surface area contributed by atoms with Gasteiger partial charge in [-0.25, -0.2) is 0 Å². The maximum atomic E-state index is 12.7. The minimum Gasteiger partial charge on any atom is -0.489 e. The Bertz CT molecular complexity index is 1070. The molecule has 1 heterocycles. The molecule has 0 unspecified atom stereocenters. The molecule has 3 aromatic carbocycles. The maximum absolute atomic E-state index is 12.7. The number of ketones is 1. The average molecular weight is 363 g/mol. The van der Waals surface area contributed by atoms with Gasteiger partial charge in [0.25, 0.3) is 0 Å². The van der Waals surface area contributed by atoms with Crippen molar-refractivity contribution in [3.05, 3.63) is 101 Å². The summed E-state index contributed by atoms with van der Waals surface area (Å²) < 4.78 is 11.4. The lowest BCUT2D eigenvalue weighted by molar-refractivity contribution is 0.103. The highest BCUT2D eigenvalue weighted by Gasteiger charge is 2.16. The number of hydrogen-bond donors (Lipinski definition) is 0. The lowest BCUT2D eigenvalue weighted by Gasteiger charge is -2.08. The molecule has 0 bridgehead atoms. The Kier molecular flexibility index (Phi) is 4.46. The number of carbonyl (C=O) groups excluding carboxylic acids is 1. The Morgan fingerprint density at radius 3 is 2.54 bits per heavy atom. The highest BCUT2D eigenvalue weighted by molar-refractivity contribution is 6.31. The third kappa shape index (κ3) is 3.22. The molecule has 1 aromatic heterocycles. The quantitative estimate of drug-likeness (QED) is 0.415. The molecule has 0 aliphatic carbocycles. The van der Waals surface area contributed by atoms with Crippen LogP contribution < -0.4 is 4.74 Å². The molecular weight excluding hydrogens is 348 g/mol. The molecule has 0 atom stereocenters. The van der Waals surface area contributed by atoms with E-state index in [2.05, 4.69) is 0 Å². The largest absolute Gasteiger partial charge is 0.489 e. The van der Waals surface area contributed by atoms with Crippen LogP contribution >= 0.6 is 11.6 Å². The highest BCUT2D eigenvalue weighted by Crippen LogP contribution is 2.28. The monoisotopic (exact) mass is 362 g/mol. The Morgan fingerprint density at radius 2 is 1.73 bits per heavy atom. The molecule has 4 heteroatoms. The van der Waals surface area contributed by atoms with E-state index >= 15 is 0 Å². The number of hydrogen-bond acceptors (Lipinski definition) is 3. The summed E-state index contributed by atoms with van der Waals surface area (Å²) in [4.78, 5) is 12.7. The van der Waals surface area contributed by atoms with Crippen LogP contribution in [0, 0.1) is 0 Å². The fourth-order valence-corrected chi connectivity index (χ4v) is 2.99. The Labute approximate surface area is 155 Å². The molecule has 0 amide bonds. The molecule has 0 saturated heterocycles. The van der Waals surface area contributed by atoms with E-state index in [-0.39, 0.29) is 5.78 Å². The van der Waals surface area contributed by atoms with Gasteiger partial charge in [0.2, 0.25) is 0 Å². The van der Waals surface area contributed by atoms with Gasteiger partial charge in [-0.1, -0.05) is 60.1 Å². The zero-order chi connectivity index (χ0) is 17.9. The number of carbonyl (C=O) groups is 1. The highest BCUT2D eigenvalue weighted by atomic mass is 35.5. The lowest BCUT2D eigenvalue weighted by atomic mass is 10.0. The third-order valence-electron chi connectivity index (χ3n) is 4.18. The molecule has 3 nitrogen and oxygen atoms in total. The normalized spacial score (nSPS) is 10.8. The van der Waals surface area contributed by atoms with E-state index < -0.39 is 0 Å². The number of ether oxygens (including phenoxy) is 1.